The Morgan fingerprint density at radius 2 is 1.90 bits per heavy atom. The van der Waals surface area contributed by atoms with Crippen LogP contribution in [-0.2, 0) is 14.4 Å². The second-order valence-electron chi connectivity index (χ2n) is 6.36. The summed E-state index contributed by atoms with van der Waals surface area (Å²) >= 11 is 9.00. The monoisotopic (exact) mass is 479 g/mol. The van der Waals surface area contributed by atoms with Crippen molar-refractivity contribution in [2.24, 2.45) is 10.3 Å². The highest BCUT2D eigenvalue weighted by Gasteiger charge is 2.55. The van der Waals surface area contributed by atoms with Gasteiger partial charge in [0.15, 0.2) is 12.1 Å². The van der Waals surface area contributed by atoms with E-state index in [4.69, 9.17) is 11.6 Å². The molecule has 1 N–H and O–H groups in total. The van der Waals surface area contributed by atoms with Gasteiger partial charge < -0.3 is 5.32 Å². The number of halogens is 3. The average molecular weight is 481 g/mol. The molecule has 0 radical (unpaired) electrons. The van der Waals surface area contributed by atoms with E-state index in [0.29, 0.717) is 11.4 Å². The van der Waals surface area contributed by atoms with Crippen molar-refractivity contribution >= 4 is 56.6 Å². The third-order valence-electron chi connectivity index (χ3n) is 4.45. The maximum Gasteiger partial charge on any atom is 0.263 e. The number of fused-ring (bicyclic) bond motifs is 1. The Labute approximate surface area is 177 Å². The Kier molecular flexibility index (Phi) is 5.05. The average Bonchev–Trinajstić information content (AvgIpc) is 3.19. The van der Waals surface area contributed by atoms with Crippen LogP contribution in [0.1, 0.15) is 0 Å². The number of nitrogens with one attached hydrogen (secondary N) is 1. The zero-order valence-electron chi connectivity index (χ0n) is 14.6. The van der Waals surface area contributed by atoms with E-state index in [9.17, 15) is 18.8 Å². The summed E-state index contributed by atoms with van der Waals surface area (Å²) in [5.41, 5.74) is 0.706. The van der Waals surface area contributed by atoms with Gasteiger partial charge >= 0.3 is 0 Å². The number of carbonyl (C=O) groups excluding carboxylic acids is 3. The highest BCUT2D eigenvalue weighted by Crippen LogP contribution is 2.32. The van der Waals surface area contributed by atoms with Crippen LogP contribution in [0, 0.1) is 5.82 Å². The lowest BCUT2D eigenvalue weighted by molar-refractivity contribution is -0.123. The molecule has 2 aliphatic rings. The highest BCUT2D eigenvalue weighted by atomic mass is 79.9. The Morgan fingerprint density at radius 1 is 1.17 bits per heavy atom. The Hall–Kier alpha value is -2.85. The van der Waals surface area contributed by atoms with Crippen LogP contribution in [-0.4, -0.2) is 41.4 Å². The van der Waals surface area contributed by atoms with E-state index in [1.54, 1.807) is 24.3 Å². The molecule has 0 unspecified atom stereocenters. The van der Waals surface area contributed by atoms with Crippen molar-refractivity contribution in [3.8, 4) is 0 Å². The lowest BCUT2D eigenvalue weighted by Gasteiger charge is -2.20. The first-order valence-corrected chi connectivity index (χ1v) is 9.58. The van der Waals surface area contributed by atoms with Crippen LogP contribution in [0.4, 0.5) is 15.8 Å². The highest BCUT2D eigenvalue weighted by molar-refractivity contribution is 9.10. The van der Waals surface area contributed by atoms with Crippen LogP contribution in [0.15, 0.2) is 57.3 Å². The quantitative estimate of drug-likeness (QED) is 0.680. The zero-order chi connectivity index (χ0) is 20.7. The number of hydrogen-bond acceptors (Lipinski definition) is 6. The van der Waals surface area contributed by atoms with Crippen LogP contribution in [0.5, 0.6) is 0 Å². The van der Waals surface area contributed by atoms with Gasteiger partial charge in [0.1, 0.15) is 12.4 Å². The van der Waals surface area contributed by atoms with Crippen molar-refractivity contribution in [1.29, 1.82) is 0 Å². The normalized spacial score (nSPS) is 20.4. The summed E-state index contributed by atoms with van der Waals surface area (Å²) in [7, 11) is 0. The minimum absolute atomic E-state index is 0.134. The molecule has 2 atom stereocenters. The van der Waals surface area contributed by atoms with E-state index in [1.165, 1.54) is 17.1 Å². The van der Waals surface area contributed by atoms with Gasteiger partial charge in [0.05, 0.1) is 10.7 Å². The number of amides is 3. The molecule has 1 fully saturated rings. The molecule has 2 aromatic carbocycles. The Bertz CT molecular complexity index is 1050. The van der Waals surface area contributed by atoms with Crippen LogP contribution < -0.4 is 10.2 Å². The van der Waals surface area contributed by atoms with Crippen LogP contribution in [0.3, 0.4) is 0 Å². The smallest absolute Gasteiger partial charge is 0.263 e. The molecule has 8 nitrogen and oxygen atoms in total. The molecule has 2 heterocycles. The van der Waals surface area contributed by atoms with Gasteiger partial charge in [0, 0.05) is 10.2 Å². The molecule has 29 heavy (non-hydrogen) atoms. The van der Waals surface area contributed by atoms with Gasteiger partial charge in [-0.05, 0) is 42.5 Å². The Balaban J connectivity index is 1.48. The molecule has 3 amide bonds. The van der Waals surface area contributed by atoms with E-state index < -0.39 is 35.6 Å². The molecule has 1 saturated heterocycles. The molecule has 0 saturated carbocycles. The lowest BCUT2D eigenvalue weighted by atomic mass is 10.1. The fraction of sp³-hybridized carbons (Fsp3) is 0.167. The zero-order valence-corrected chi connectivity index (χ0v) is 16.9. The summed E-state index contributed by atoms with van der Waals surface area (Å²) in [5.74, 6) is -2.14. The van der Waals surface area contributed by atoms with Crippen molar-refractivity contribution < 1.29 is 18.8 Å². The second-order valence-corrected chi connectivity index (χ2v) is 7.68. The van der Waals surface area contributed by atoms with E-state index in [0.717, 1.165) is 15.4 Å². The number of carbonyl (C=O) groups is 3. The predicted octanol–water partition coefficient (Wildman–Crippen LogP) is 3.17. The molecular weight excluding hydrogens is 469 g/mol. The molecule has 0 aromatic heterocycles. The first-order chi connectivity index (χ1) is 13.8. The summed E-state index contributed by atoms with van der Waals surface area (Å²) < 4.78 is 14.0. The van der Waals surface area contributed by atoms with Crippen LogP contribution in [0.2, 0.25) is 5.02 Å². The minimum Gasteiger partial charge on any atom is -0.324 e. The van der Waals surface area contributed by atoms with Crippen LogP contribution in [0.25, 0.3) is 0 Å². The van der Waals surface area contributed by atoms with Crippen molar-refractivity contribution in [1.82, 2.24) is 5.01 Å². The van der Waals surface area contributed by atoms with Gasteiger partial charge in [0.2, 0.25) is 5.91 Å². The molecule has 0 spiro atoms. The largest absolute Gasteiger partial charge is 0.324 e. The fourth-order valence-electron chi connectivity index (χ4n) is 3.12. The fourth-order valence-corrected chi connectivity index (χ4v) is 3.56. The van der Waals surface area contributed by atoms with Crippen molar-refractivity contribution in [3.05, 3.63) is 57.8 Å². The number of imide groups is 1. The summed E-state index contributed by atoms with van der Waals surface area (Å²) in [6, 6.07) is 8.44. The second kappa shape index (κ2) is 7.53. The summed E-state index contributed by atoms with van der Waals surface area (Å²) in [4.78, 5) is 38.9. The lowest BCUT2D eigenvalue weighted by Crippen LogP contribution is -2.43. The summed E-state index contributed by atoms with van der Waals surface area (Å²) in [5, 5.41) is 11.3. The predicted molar refractivity (Wildman–Crippen MR) is 106 cm³/mol. The number of nitrogens with zero attached hydrogens (tertiary/aromatic N) is 4. The topological polar surface area (TPSA) is 94.4 Å². The maximum atomic E-state index is 13.2. The molecule has 11 heteroatoms. The summed E-state index contributed by atoms with van der Waals surface area (Å²) in [6.07, 6.45) is 0. The maximum absolute atomic E-state index is 13.2. The van der Waals surface area contributed by atoms with E-state index >= 15 is 0 Å². The Morgan fingerprint density at radius 3 is 2.59 bits per heavy atom. The van der Waals surface area contributed by atoms with Gasteiger partial charge in [-0.3, -0.25) is 19.4 Å². The molecule has 4 rings (SSSR count). The first kappa shape index (κ1) is 19.5. The first-order valence-electron chi connectivity index (χ1n) is 8.41. The number of rotatable bonds is 4. The van der Waals surface area contributed by atoms with Gasteiger partial charge in [-0.1, -0.05) is 32.8 Å². The van der Waals surface area contributed by atoms with Gasteiger partial charge in [0.25, 0.3) is 11.8 Å². The van der Waals surface area contributed by atoms with Crippen molar-refractivity contribution in [3.63, 3.8) is 0 Å². The third kappa shape index (κ3) is 3.60. The van der Waals surface area contributed by atoms with Gasteiger partial charge in [-0.25, -0.2) is 9.29 Å². The van der Waals surface area contributed by atoms with Crippen molar-refractivity contribution in [2.45, 2.75) is 12.1 Å². The molecule has 2 aliphatic heterocycles. The minimum atomic E-state index is -1.00. The molecule has 2 aromatic rings. The summed E-state index contributed by atoms with van der Waals surface area (Å²) in [6.45, 7) is -0.313. The van der Waals surface area contributed by atoms with Gasteiger partial charge in [-0.15, -0.1) is 0 Å². The van der Waals surface area contributed by atoms with Gasteiger partial charge in [-0.2, -0.15) is 5.11 Å². The number of anilines is 2. The van der Waals surface area contributed by atoms with E-state index in [2.05, 4.69) is 31.6 Å². The van der Waals surface area contributed by atoms with Crippen molar-refractivity contribution in [2.75, 3.05) is 16.8 Å². The van der Waals surface area contributed by atoms with Crippen LogP contribution >= 0.6 is 27.5 Å². The van der Waals surface area contributed by atoms with E-state index in [1.807, 2.05) is 0 Å². The standard InChI is InChI=1S/C18H12BrClFN5O3/c19-9-1-4-11(5-2-9)26-17(28)15-16(18(26)29)25(24-23-15)8-14(27)22-10-3-6-13(21)12(20)7-10/h1-7,15-16H,8H2,(H,22,27)/t15-,16+/m0/s1. The molecular formula is C18H12BrClFN5O3. The SMILES string of the molecule is O=C(CN1N=N[C@@H]2C(=O)N(c3ccc(Br)cc3)C(=O)[C@@H]21)Nc1ccc(F)c(Cl)c1. The molecule has 148 valence electrons. The molecule has 0 aliphatic carbocycles. The number of hydrogen-bond donors (Lipinski definition) is 1. The number of benzene rings is 2. The third-order valence-corrected chi connectivity index (χ3v) is 5.27. The molecule has 0 bridgehead atoms. The van der Waals surface area contributed by atoms with E-state index in [-0.39, 0.29) is 11.6 Å².